The second-order valence-corrected chi connectivity index (χ2v) is 8.93. The fourth-order valence-corrected chi connectivity index (χ4v) is 4.09. The molecule has 0 saturated heterocycles. The van der Waals surface area contributed by atoms with Crippen molar-refractivity contribution in [1.82, 2.24) is 0 Å². The summed E-state index contributed by atoms with van der Waals surface area (Å²) in [7, 11) is -3.36. The number of sulfonamides is 1. The van der Waals surface area contributed by atoms with Crippen LogP contribution in [0.1, 0.15) is 20.8 Å². The van der Waals surface area contributed by atoms with Crippen LogP contribution in [0.15, 0.2) is 42.5 Å². The first-order valence-electron chi connectivity index (χ1n) is 9.18. The second-order valence-electron chi connectivity index (χ2n) is 6.92. The normalized spacial score (nSPS) is 16.3. The summed E-state index contributed by atoms with van der Waals surface area (Å²) < 4.78 is 25.9. The molecule has 0 radical (unpaired) electrons. The van der Waals surface area contributed by atoms with Crippen molar-refractivity contribution in [3.8, 4) is 11.1 Å². The smallest absolute Gasteiger partial charge is 0.411 e. The Kier molecular flexibility index (Phi) is 5.52. The number of carboxylic acid groups (broad SMARTS) is 1. The fourth-order valence-electron chi connectivity index (χ4n) is 3.45. The molecule has 3 rings (SSSR count). The molecule has 0 unspecified atom stereocenters. The standard InChI is InChI=1S/C20H23N3O5S/c1-4-29(27,28)21-17-8-5-15(6-9-17)16-7-10-18-19(11-16)22(20(25)26)12-13(2)23(18)14(3)24/h5-11,13,21H,4,12H2,1-3H3,(H,25,26)/t13-/m0/s1. The highest BCUT2D eigenvalue weighted by molar-refractivity contribution is 7.92. The van der Waals surface area contributed by atoms with Crippen molar-refractivity contribution in [1.29, 1.82) is 0 Å². The molecule has 1 aliphatic heterocycles. The van der Waals surface area contributed by atoms with E-state index in [2.05, 4.69) is 4.72 Å². The Morgan fingerprint density at radius 3 is 2.28 bits per heavy atom. The van der Waals surface area contributed by atoms with Crippen LogP contribution in [-0.2, 0) is 14.8 Å². The van der Waals surface area contributed by atoms with Gasteiger partial charge >= 0.3 is 6.09 Å². The third-order valence-corrected chi connectivity index (χ3v) is 6.16. The number of nitrogens with one attached hydrogen (secondary N) is 1. The van der Waals surface area contributed by atoms with Crippen LogP contribution in [0.25, 0.3) is 11.1 Å². The molecule has 1 atom stereocenters. The number of fused-ring (bicyclic) bond motifs is 1. The first kappa shape index (κ1) is 20.7. The lowest BCUT2D eigenvalue weighted by Crippen LogP contribution is -2.51. The van der Waals surface area contributed by atoms with Crippen LogP contribution in [-0.4, -0.2) is 43.9 Å². The Morgan fingerprint density at radius 1 is 1.10 bits per heavy atom. The molecule has 1 aliphatic rings. The molecule has 0 aliphatic carbocycles. The first-order chi connectivity index (χ1) is 13.6. The lowest BCUT2D eigenvalue weighted by Gasteiger charge is -2.39. The molecule has 1 heterocycles. The van der Waals surface area contributed by atoms with E-state index < -0.39 is 16.1 Å². The molecule has 0 spiro atoms. The number of carbonyl (C=O) groups is 2. The Labute approximate surface area is 169 Å². The average molecular weight is 417 g/mol. The van der Waals surface area contributed by atoms with E-state index in [9.17, 15) is 23.1 Å². The van der Waals surface area contributed by atoms with Crippen LogP contribution >= 0.6 is 0 Å². The summed E-state index contributed by atoms with van der Waals surface area (Å²) in [4.78, 5) is 26.7. The van der Waals surface area contributed by atoms with Crippen LogP contribution in [0.3, 0.4) is 0 Å². The molecule has 29 heavy (non-hydrogen) atoms. The zero-order chi connectivity index (χ0) is 21.3. The SMILES string of the molecule is CCS(=O)(=O)Nc1ccc(-c2ccc3c(c2)N(C(=O)O)C[C@H](C)N3C(C)=O)cc1. The zero-order valence-corrected chi connectivity index (χ0v) is 17.2. The van der Waals surface area contributed by atoms with Gasteiger partial charge in [-0.3, -0.25) is 14.4 Å². The van der Waals surface area contributed by atoms with Crippen molar-refractivity contribution in [3.05, 3.63) is 42.5 Å². The Hall–Kier alpha value is -3.07. The van der Waals surface area contributed by atoms with Gasteiger partial charge in [0.05, 0.1) is 23.2 Å². The van der Waals surface area contributed by atoms with Gasteiger partial charge in [-0.15, -0.1) is 0 Å². The van der Waals surface area contributed by atoms with Crippen molar-refractivity contribution in [2.45, 2.75) is 26.8 Å². The van der Waals surface area contributed by atoms with Gasteiger partial charge in [0.2, 0.25) is 15.9 Å². The molecule has 154 valence electrons. The van der Waals surface area contributed by atoms with Crippen LogP contribution in [0, 0.1) is 0 Å². The number of benzene rings is 2. The van der Waals surface area contributed by atoms with Crippen molar-refractivity contribution >= 4 is 39.1 Å². The van der Waals surface area contributed by atoms with Crippen LogP contribution in [0.5, 0.6) is 0 Å². The number of carbonyl (C=O) groups excluding carboxylic acids is 1. The summed E-state index contributed by atoms with van der Waals surface area (Å²) in [6.07, 6.45) is -1.08. The zero-order valence-electron chi connectivity index (χ0n) is 16.4. The van der Waals surface area contributed by atoms with Gasteiger partial charge in [-0.25, -0.2) is 13.2 Å². The Balaban J connectivity index is 2.00. The van der Waals surface area contributed by atoms with Gasteiger partial charge in [0.1, 0.15) is 0 Å². The third kappa shape index (κ3) is 4.19. The summed E-state index contributed by atoms with van der Waals surface area (Å²) in [5.74, 6) is -0.167. The molecular weight excluding hydrogens is 394 g/mol. The molecule has 0 bridgehead atoms. The molecule has 0 saturated carbocycles. The minimum absolute atomic E-state index is 0.0182. The fraction of sp³-hybridized carbons (Fsp3) is 0.300. The molecule has 0 aromatic heterocycles. The monoisotopic (exact) mass is 417 g/mol. The topological polar surface area (TPSA) is 107 Å². The third-order valence-electron chi connectivity index (χ3n) is 4.86. The van der Waals surface area contributed by atoms with E-state index in [-0.39, 0.29) is 24.2 Å². The number of hydrogen-bond donors (Lipinski definition) is 2. The maximum absolute atomic E-state index is 12.1. The summed E-state index contributed by atoms with van der Waals surface area (Å²) in [5, 5.41) is 9.61. The van der Waals surface area contributed by atoms with Gasteiger partial charge < -0.3 is 10.0 Å². The minimum Gasteiger partial charge on any atom is -0.465 e. The second kappa shape index (κ2) is 7.75. The predicted octanol–water partition coefficient (Wildman–Crippen LogP) is 3.35. The van der Waals surface area contributed by atoms with Crippen molar-refractivity contribution in [2.75, 3.05) is 26.8 Å². The van der Waals surface area contributed by atoms with Crippen molar-refractivity contribution in [3.63, 3.8) is 0 Å². The van der Waals surface area contributed by atoms with Crippen molar-refractivity contribution < 1.29 is 23.1 Å². The Bertz CT molecular complexity index is 1050. The number of rotatable bonds is 4. The number of anilines is 3. The van der Waals surface area contributed by atoms with E-state index in [1.807, 2.05) is 13.0 Å². The highest BCUT2D eigenvalue weighted by Gasteiger charge is 2.33. The van der Waals surface area contributed by atoms with Crippen LogP contribution in [0.4, 0.5) is 21.9 Å². The van der Waals surface area contributed by atoms with Gasteiger partial charge in [0.15, 0.2) is 0 Å². The highest BCUT2D eigenvalue weighted by atomic mass is 32.2. The van der Waals surface area contributed by atoms with Gasteiger partial charge in [-0.1, -0.05) is 18.2 Å². The first-order valence-corrected chi connectivity index (χ1v) is 10.8. The molecule has 2 amide bonds. The van der Waals surface area contributed by atoms with E-state index >= 15 is 0 Å². The molecule has 9 heteroatoms. The van der Waals surface area contributed by atoms with E-state index in [0.29, 0.717) is 17.1 Å². The van der Waals surface area contributed by atoms with E-state index in [1.165, 1.54) is 11.8 Å². The maximum Gasteiger partial charge on any atom is 0.411 e. The Morgan fingerprint density at radius 2 is 1.72 bits per heavy atom. The van der Waals surface area contributed by atoms with Crippen LogP contribution < -0.4 is 14.5 Å². The lowest BCUT2D eigenvalue weighted by molar-refractivity contribution is -0.117. The van der Waals surface area contributed by atoms with E-state index in [0.717, 1.165) is 11.1 Å². The molecule has 0 fully saturated rings. The van der Waals surface area contributed by atoms with Gasteiger partial charge in [-0.05, 0) is 49.2 Å². The highest BCUT2D eigenvalue weighted by Crippen LogP contribution is 2.39. The quantitative estimate of drug-likeness (QED) is 0.793. The predicted molar refractivity (Wildman–Crippen MR) is 113 cm³/mol. The minimum atomic E-state index is -3.36. The molecule has 2 aromatic rings. The average Bonchev–Trinajstić information content (AvgIpc) is 2.67. The van der Waals surface area contributed by atoms with Gasteiger partial charge in [0.25, 0.3) is 0 Å². The largest absolute Gasteiger partial charge is 0.465 e. The summed E-state index contributed by atoms with van der Waals surface area (Å²) in [6.45, 7) is 5.01. The molecule has 8 nitrogen and oxygen atoms in total. The summed E-state index contributed by atoms with van der Waals surface area (Å²) in [5.41, 5.74) is 3.01. The summed E-state index contributed by atoms with van der Waals surface area (Å²) >= 11 is 0. The maximum atomic E-state index is 12.1. The van der Waals surface area contributed by atoms with Crippen LogP contribution in [0.2, 0.25) is 0 Å². The van der Waals surface area contributed by atoms with E-state index in [1.54, 1.807) is 48.2 Å². The van der Waals surface area contributed by atoms with Gasteiger partial charge in [-0.2, -0.15) is 0 Å². The molecule has 2 aromatic carbocycles. The van der Waals surface area contributed by atoms with Gasteiger partial charge in [0, 0.05) is 19.2 Å². The summed E-state index contributed by atoms with van der Waals surface area (Å²) in [6, 6.07) is 11.8. The lowest BCUT2D eigenvalue weighted by atomic mass is 10.0. The van der Waals surface area contributed by atoms with Crippen molar-refractivity contribution in [2.24, 2.45) is 0 Å². The number of nitrogens with zero attached hydrogens (tertiary/aromatic N) is 2. The molecular formula is C20H23N3O5S. The van der Waals surface area contributed by atoms with E-state index in [4.69, 9.17) is 0 Å². The number of hydrogen-bond acceptors (Lipinski definition) is 4. The number of amides is 2. The molecule has 2 N–H and O–H groups in total.